The number of hydrogen-bond donors (Lipinski definition) is 0. The van der Waals surface area contributed by atoms with Crippen molar-refractivity contribution in [2.45, 2.75) is 44.2 Å². The van der Waals surface area contributed by atoms with Crippen LogP contribution < -0.4 is 4.90 Å². The van der Waals surface area contributed by atoms with Gasteiger partial charge in [0.05, 0.1) is 10.9 Å². The number of fused-ring (bicyclic) bond motifs is 3. The number of alkyl halides is 2. The largest absolute Gasteiger partial charge is 0.351 e. The first kappa shape index (κ1) is 19.6. The predicted molar refractivity (Wildman–Crippen MR) is 110 cm³/mol. The summed E-state index contributed by atoms with van der Waals surface area (Å²) in [4.78, 5) is 16.8. The Morgan fingerprint density at radius 2 is 1.90 bits per heavy atom. The summed E-state index contributed by atoms with van der Waals surface area (Å²) in [5.41, 5.74) is 0.679. The van der Waals surface area contributed by atoms with Crippen LogP contribution in [-0.4, -0.2) is 61.9 Å². The second-order valence-corrected chi connectivity index (χ2v) is 8.58. The molecule has 0 spiro atoms. The molecule has 0 saturated carbocycles. The molecule has 3 aromatic heterocycles. The van der Waals surface area contributed by atoms with Gasteiger partial charge in [0, 0.05) is 56.6 Å². The number of anilines is 1. The molecule has 2 saturated heterocycles. The van der Waals surface area contributed by atoms with Crippen molar-refractivity contribution in [3.05, 3.63) is 35.5 Å². The Bertz CT molecular complexity index is 1080. The van der Waals surface area contributed by atoms with E-state index in [0.717, 1.165) is 44.1 Å². The zero-order valence-electron chi connectivity index (χ0n) is 16.8. The van der Waals surface area contributed by atoms with Crippen molar-refractivity contribution < 1.29 is 8.78 Å². The minimum atomic E-state index is -3.14. The minimum Gasteiger partial charge on any atom is -0.351 e. The van der Waals surface area contributed by atoms with E-state index in [1.165, 1.54) is 12.6 Å². The van der Waals surface area contributed by atoms with Gasteiger partial charge in [0.1, 0.15) is 5.15 Å². The third kappa shape index (κ3) is 3.30. The van der Waals surface area contributed by atoms with E-state index in [0.29, 0.717) is 22.8 Å². The molecule has 2 fully saturated rings. The molecule has 0 aromatic carbocycles. The summed E-state index contributed by atoms with van der Waals surface area (Å²) >= 11 is 6.15. The van der Waals surface area contributed by atoms with Gasteiger partial charge in [-0.3, -0.25) is 4.90 Å². The molecule has 158 valence electrons. The van der Waals surface area contributed by atoms with Crippen LogP contribution in [-0.2, 0) is 5.92 Å². The molecule has 2 atom stereocenters. The predicted octanol–water partition coefficient (Wildman–Crippen LogP) is 3.65. The van der Waals surface area contributed by atoms with E-state index < -0.39 is 11.7 Å². The quantitative estimate of drug-likeness (QED) is 0.587. The first-order valence-electron chi connectivity index (χ1n) is 10.0. The molecule has 0 radical (unpaired) electrons. The van der Waals surface area contributed by atoms with Crippen LogP contribution in [0.1, 0.15) is 32.0 Å². The number of nitrogens with zero attached hydrogens (tertiary/aromatic N) is 7. The van der Waals surface area contributed by atoms with Crippen molar-refractivity contribution in [3.63, 3.8) is 0 Å². The van der Waals surface area contributed by atoms with E-state index in [4.69, 9.17) is 16.7 Å². The molecular weight excluding hydrogens is 412 g/mol. The zero-order valence-corrected chi connectivity index (χ0v) is 17.5. The summed E-state index contributed by atoms with van der Waals surface area (Å²) in [6.45, 7) is 2.51. The number of rotatable bonds is 3. The summed E-state index contributed by atoms with van der Waals surface area (Å²) in [6, 6.07) is 4.21. The van der Waals surface area contributed by atoms with E-state index in [2.05, 4.69) is 31.8 Å². The van der Waals surface area contributed by atoms with E-state index >= 15 is 0 Å². The Morgan fingerprint density at radius 1 is 1.17 bits per heavy atom. The molecule has 0 amide bonds. The Balaban J connectivity index is 1.62. The van der Waals surface area contributed by atoms with Gasteiger partial charge >= 0.3 is 5.92 Å². The van der Waals surface area contributed by atoms with E-state index in [1.807, 2.05) is 0 Å². The summed E-state index contributed by atoms with van der Waals surface area (Å²) < 4.78 is 29.1. The lowest BCUT2D eigenvalue weighted by Gasteiger charge is -2.48. The Labute approximate surface area is 177 Å². The molecule has 2 aliphatic rings. The lowest BCUT2D eigenvalue weighted by Crippen LogP contribution is -2.59. The third-order valence-corrected chi connectivity index (χ3v) is 6.36. The highest BCUT2D eigenvalue weighted by Crippen LogP contribution is 2.34. The average molecular weight is 434 g/mol. The van der Waals surface area contributed by atoms with Gasteiger partial charge in [0.25, 0.3) is 0 Å². The molecule has 5 heterocycles. The maximum atomic E-state index is 13.8. The van der Waals surface area contributed by atoms with Gasteiger partial charge in [0.15, 0.2) is 11.6 Å². The van der Waals surface area contributed by atoms with Crippen LogP contribution in [0.5, 0.6) is 0 Å². The fourth-order valence-corrected chi connectivity index (χ4v) is 4.70. The first-order valence-corrected chi connectivity index (χ1v) is 10.4. The fourth-order valence-electron chi connectivity index (χ4n) is 4.55. The number of piperidine rings is 1. The van der Waals surface area contributed by atoms with E-state index in [-0.39, 0.29) is 5.82 Å². The molecule has 2 bridgehead atoms. The van der Waals surface area contributed by atoms with Crippen LogP contribution in [0.2, 0.25) is 5.15 Å². The fraction of sp³-hybridized carbons (Fsp3) is 0.500. The number of halogens is 3. The molecule has 5 rings (SSSR count). The summed E-state index contributed by atoms with van der Waals surface area (Å²) in [5.74, 6) is -2.63. The molecule has 0 N–H and O–H groups in total. The number of likely N-dealkylation sites (N-methyl/N-ethyl adjacent to an activating group) is 1. The van der Waals surface area contributed by atoms with Gasteiger partial charge in [-0.2, -0.15) is 8.78 Å². The van der Waals surface area contributed by atoms with Crippen LogP contribution in [0.3, 0.4) is 0 Å². The number of aromatic nitrogens is 5. The second kappa shape index (κ2) is 7.09. The molecule has 2 aliphatic heterocycles. The van der Waals surface area contributed by atoms with E-state index in [9.17, 15) is 8.78 Å². The molecule has 3 aromatic rings. The lowest BCUT2D eigenvalue weighted by molar-refractivity contribution is 0.00763. The van der Waals surface area contributed by atoms with Crippen molar-refractivity contribution in [1.82, 2.24) is 29.6 Å². The highest BCUT2D eigenvalue weighted by molar-refractivity contribution is 6.30. The Morgan fingerprint density at radius 3 is 2.60 bits per heavy atom. The monoisotopic (exact) mass is 433 g/mol. The van der Waals surface area contributed by atoms with Gasteiger partial charge in [-0.25, -0.2) is 19.6 Å². The Hall–Kier alpha value is -2.39. The number of hydrogen-bond acceptors (Lipinski definition) is 6. The molecule has 10 heteroatoms. The second-order valence-electron chi connectivity index (χ2n) is 8.20. The minimum absolute atomic E-state index is 0.273. The maximum absolute atomic E-state index is 13.8. The van der Waals surface area contributed by atoms with E-state index in [1.54, 1.807) is 23.0 Å². The van der Waals surface area contributed by atoms with Gasteiger partial charge in [-0.15, -0.1) is 5.10 Å². The van der Waals surface area contributed by atoms with Crippen molar-refractivity contribution in [3.8, 4) is 5.82 Å². The van der Waals surface area contributed by atoms with Gasteiger partial charge in [-0.05, 0) is 19.9 Å². The van der Waals surface area contributed by atoms with Crippen LogP contribution in [0.4, 0.5) is 14.6 Å². The van der Waals surface area contributed by atoms with Crippen molar-refractivity contribution in [1.29, 1.82) is 0 Å². The van der Waals surface area contributed by atoms with Gasteiger partial charge in [0.2, 0.25) is 5.82 Å². The standard InChI is InChI=1S/C20H22ClF2N7/c1-20(22,23)19-24-7-6-17(26-19)30-15-8-16(21)25-9-14(15)18(27-30)29-10-12-4-3-5-13(11-29)28(12)2/h6-9,12-13H,3-5,10-11H2,1-2H3. The summed E-state index contributed by atoms with van der Waals surface area (Å²) in [6.07, 6.45) is 6.58. The molecule has 30 heavy (non-hydrogen) atoms. The SMILES string of the molecule is CN1C2CCCC1CN(c1nn(-c3ccnc(C(C)(F)F)n3)c3cc(Cl)ncc13)C2. The van der Waals surface area contributed by atoms with Crippen molar-refractivity contribution >= 4 is 28.3 Å². The van der Waals surface area contributed by atoms with Gasteiger partial charge < -0.3 is 4.90 Å². The first-order chi connectivity index (χ1) is 14.3. The molecule has 7 nitrogen and oxygen atoms in total. The van der Waals surface area contributed by atoms with Crippen LogP contribution in [0.15, 0.2) is 24.5 Å². The van der Waals surface area contributed by atoms with Crippen molar-refractivity contribution in [2.75, 3.05) is 25.0 Å². The smallest absolute Gasteiger partial charge is 0.303 e. The summed E-state index contributed by atoms with van der Waals surface area (Å²) in [7, 11) is 2.19. The highest BCUT2D eigenvalue weighted by atomic mass is 35.5. The zero-order chi connectivity index (χ0) is 21.0. The van der Waals surface area contributed by atoms with Gasteiger partial charge in [-0.1, -0.05) is 18.0 Å². The number of piperazine rings is 1. The molecule has 0 aliphatic carbocycles. The third-order valence-electron chi connectivity index (χ3n) is 6.15. The van der Waals surface area contributed by atoms with Crippen LogP contribution in [0, 0.1) is 0 Å². The Kier molecular flexibility index (Phi) is 4.62. The van der Waals surface area contributed by atoms with Crippen molar-refractivity contribution in [2.24, 2.45) is 0 Å². The maximum Gasteiger partial charge on any atom is 0.303 e. The topological polar surface area (TPSA) is 63.0 Å². The molecular formula is C20H22ClF2N7. The van der Waals surface area contributed by atoms with Crippen LogP contribution in [0.25, 0.3) is 16.7 Å². The highest BCUT2D eigenvalue weighted by Gasteiger charge is 2.36. The number of pyridine rings is 1. The lowest BCUT2D eigenvalue weighted by atomic mass is 9.92. The summed E-state index contributed by atoms with van der Waals surface area (Å²) in [5, 5.41) is 5.92. The average Bonchev–Trinajstić information content (AvgIpc) is 3.06. The molecule has 2 unspecified atom stereocenters. The van der Waals surface area contributed by atoms with Crippen LogP contribution >= 0.6 is 11.6 Å². The normalized spacial score (nSPS) is 22.6.